The first-order valence-electron chi connectivity index (χ1n) is 11.7. The minimum atomic E-state index is -0.501. The third-order valence-corrected chi connectivity index (χ3v) is 7.31. The molecule has 0 saturated carbocycles. The van der Waals surface area contributed by atoms with Crippen LogP contribution in [-0.2, 0) is 12.8 Å². The molecule has 1 aliphatic heterocycles. The Labute approximate surface area is 195 Å². The second kappa shape index (κ2) is 10.2. The fourth-order valence-corrected chi connectivity index (χ4v) is 5.43. The van der Waals surface area contributed by atoms with Gasteiger partial charge in [0.2, 0.25) is 0 Å². The highest BCUT2D eigenvalue weighted by molar-refractivity contribution is 6.31. The molecular weight excluding hydrogens is 427 g/mol. The first-order valence-corrected chi connectivity index (χ1v) is 12.1. The highest BCUT2D eigenvalue weighted by Crippen LogP contribution is 2.32. The molecule has 4 rings (SSSR count). The van der Waals surface area contributed by atoms with Crippen molar-refractivity contribution in [3.8, 4) is 5.75 Å². The van der Waals surface area contributed by atoms with Gasteiger partial charge in [0.05, 0.1) is 5.02 Å². The van der Waals surface area contributed by atoms with E-state index in [1.165, 1.54) is 23.8 Å². The Hall–Kier alpha value is -2.11. The molecule has 1 fully saturated rings. The van der Waals surface area contributed by atoms with Crippen LogP contribution in [0, 0.1) is 11.7 Å². The van der Waals surface area contributed by atoms with E-state index in [0.29, 0.717) is 23.3 Å². The zero-order chi connectivity index (χ0) is 22.7. The van der Waals surface area contributed by atoms with Gasteiger partial charge in [0, 0.05) is 31.2 Å². The Morgan fingerprint density at radius 3 is 2.72 bits per heavy atom. The number of piperidine rings is 1. The van der Waals surface area contributed by atoms with E-state index in [9.17, 15) is 14.3 Å². The Kier molecular flexibility index (Phi) is 7.37. The number of carbonyl (C=O) groups is 1. The van der Waals surface area contributed by atoms with Crippen molar-refractivity contribution >= 4 is 17.5 Å². The molecule has 2 aliphatic rings. The first-order chi connectivity index (χ1) is 15.5. The molecule has 1 atom stereocenters. The summed E-state index contributed by atoms with van der Waals surface area (Å²) in [6, 6.07) is 10.6. The average Bonchev–Trinajstić information content (AvgIpc) is 2.80. The molecule has 0 radical (unpaired) electrons. The Morgan fingerprint density at radius 1 is 1.22 bits per heavy atom. The van der Waals surface area contributed by atoms with Crippen molar-refractivity contribution in [2.24, 2.45) is 5.92 Å². The maximum Gasteiger partial charge on any atom is 0.253 e. The van der Waals surface area contributed by atoms with E-state index in [1.807, 2.05) is 11.0 Å². The molecule has 6 heteroatoms. The monoisotopic (exact) mass is 458 g/mol. The zero-order valence-electron chi connectivity index (χ0n) is 18.7. The number of rotatable bonds is 6. The second-order valence-electron chi connectivity index (χ2n) is 9.17. The molecule has 0 aromatic heterocycles. The lowest BCUT2D eigenvalue weighted by atomic mass is 9.86. The van der Waals surface area contributed by atoms with Crippen LogP contribution in [0.3, 0.4) is 0 Å². The Balaban J connectivity index is 1.34. The smallest absolute Gasteiger partial charge is 0.253 e. The average molecular weight is 459 g/mol. The van der Waals surface area contributed by atoms with E-state index in [-0.39, 0.29) is 10.9 Å². The van der Waals surface area contributed by atoms with Gasteiger partial charge in [-0.2, -0.15) is 0 Å². The van der Waals surface area contributed by atoms with Crippen LogP contribution in [0.2, 0.25) is 5.02 Å². The molecule has 1 saturated heterocycles. The van der Waals surface area contributed by atoms with E-state index in [2.05, 4.69) is 17.9 Å². The van der Waals surface area contributed by atoms with E-state index in [1.54, 1.807) is 6.07 Å². The lowest BCUT2D eigenvalue weighted by Crippen LogP contribution is -2.46. The molecular formula is C26H32ClFN2O2. The summed E-state index contributed by atoms with van der Waals surface area (Å²) in [6.45, 7) is 5.80. The predicted molar refractivity (Wildman–Crippen MR) is 126 cm³/mol. The third kappa shape index (κ3) is 5.10. The van der Waals surface area contributed by atoms with Gasteiger partial charge in [0.15, 0.2) is 0 Å². The molecule has 2 aromatic carbocycles. The quantitative estimate of drug-likeness (QED) is 0.638. The van der Waals surface area contributed by atoms with Crippen molar-refractivity contribution in [3.05, 3.63) is 63.9 Å². The second-order valence-corrected chi connectivity index (χ2v) is 9.58. The number of hydrogen-bond acceptors (Lipinski definition) is 3. The predicted octanol–water partition coefficient (Wildman–Crippen LogP) is 5.31. The van der Waals surface area contributed by atoms with Crippen LogP contribution in [0.5, 0.6) is 5.75 Å². The number of nitrogens with zero attached hydrogens (tertiary/aromatic N) is 2. The van der Waals surface area contributed by atoms with E-state index < -0.39 is 5.82 Å². The van der Waals surface area contributed by atoms with Crippen molar-refractivity contribution < 1.29 is 14.3 Å². The minimum Gasteiger partial charge on any atom is -0.508 e. The van der Waals surface area contributed by atoms with Gasteiger partial charge >= 0.3 is 0 Å². The van der Waals surface area contributed by atoms with Crippen molar-refractivity contribution in [1.82, 2.24) is 9.80 Å². The normalized spacial score (nSPS) is 19.2. The van der Waals surface area contributed by atoms with E-state index in [0.717, 1.165) is 70.3 Å². The molecule has 32 heavy (non-hydrogen) atoms. The van der Waals surface area contributed by atoms with Gasteiger partial charge in [0.25, 0.3) is 5.91 Å². The number of likely N-dealkylation sites (tertiary alicyclic amines) is 1. The number of carbonyl (C=O) groups excluding carboxylic acids is 1. The SMILES string of the molecule is CCCN(CC1CCN(C(=O)c2ccc(F)c(Cl)c2)CC1)C1CCc2c(O)cccc2C1. The Morgan fingerprint density at radius 2 is 2.00 bits per heavy atom. The van der Waals surface area contributed by atoms with Crippen LogP contribution in [0.25, 0.3) is 0 Å². The number of hydrogen-bond donors (Lipinski definition) is 1. The van der Waals surface area contributed by atoms with Crippen LogP contribution in [0.1, 0.15) is 54.1 Å². The molecule has 172 valence electrons. The number of amides is 1. The van der Waals surface area contributed by atoms with Gasteiger partial charge in [-0.25, -0.2) is 4.39 Å². The van der Waals surface area contributed by atoms with Crippen LogP contribution >= 0.6 is 11.6 Å². The van der Waals surface area contributed by atoms with E-state index in [4.69, 9.17) is 11.6 Å². The van der Waals surface area contributed by atoms with Crippen molar-refractivity contribution in [1.29, 1.82) is 0 Å². The molecule has 1 aliphatic carbocycles. The number of halogens is 2. The number of phenols is 1. The minimum absolute atomic E-state index is 0.0108. The van der Waals surface area contributed by atoms with Crippen LogP contribution in [0.4, 0.5) is 4.39 Å². The first kappa shape index (κ1) is 23.1. The topological polar surface area (TPSA) is 43.8 Å². The largest absolute Gasteiger partial charge is 0.508 e. The molecule has 1 amide bonds. The number of phenolic OH excluding ortho intramolecular Hbond substituents is 1. The summed E-state index contributed by atoms with van der Waals surface area (Å²) in [6.07, 6.45) is 6.07. The van der Waals surface area contributed by atoms with Crippen LogP contribution < -0.4 is 0 Å². The van der Waals surface area contributed by atoms with Gasteiger partial charge in [-0.15, -0.1) is 0 Å². The number of benzene rings is 2. The van der Waals surface area contributed by atoms with Crippen molar-refractivity contribution in [3.63, 3.8) is 0 Å². The van der Waals surface area contributed by atoms with Crippen LogP contribution in [-0.4, -0.2) is 53.0 Å². The van der Waals surface area contributed by atoms with Crippen molar-refractivity contribution in [2.45, 2.75) is 51.5 Å². The summed E-state index contributed by atoms with van der Waals surface area (Å²) in [5, 5.41) is 10.1. The lowest BCUT2D eigenvalue weighted by Gasteiger charge is -2.39. The highest BCUT2D eigenvalue weighted by atomic mass is 35.5. The molecule has 0 bridgehead atoms. The van der Waals surface area contributed by atoms with Crippen molar-refractivity contribution in [2.75, 3.05) is 26.2 Å². The third-order valence-electron chi connectivity index (χ3n) is 7.02. The van der Waals surface area contributed by atoms with Gasteiger partial charge in [-0.1, -0.05) is 30.7 Å². The molecule has 1 heterocycles. The van der Waals surface area contributed by atoms with Gasteiger partial charge in [-0.05, 0) is 86.4 Å². The molecule has 1 N–H and O–H groups in total. The maximum atomic E-state index is 13.4. The summed E-state index contributed by atoms with van der Waals surface area (Å²) in [5.41, 5.74) is 2.85. The summed E-state index contributed by atoms with van der Waals surface area (Å²) in [5.74, 6) is 0.424. The number of aromatic hydroxyl groups is 1. The summed E-state index contributed by atoms with van der Waals surface area (Å²) >= 11 is 5.86. The van der Waals surface area contributed by atoms with Gasteiger partial charge in [0.1, 0.15) is 11.6 Å². The van der Waals surface area contributed by atoms with Gasteiger partial charge in [-0.3, -0.25) is 9.69 Å². The molecule has 2 aromatic rings. The number of fused-ring (bicyclic) bond motifs is 1. The fourth-order valence-electron chi connectivity index (χ4n) is 5.25. The Bertz CT molecular complexity index is 959. The van der Waals surface area contributed by atoms with Gasteiger partial charge < -0.3 is 10.0 Å². The summed E-state index contributed by atoms with van der Waals surface area (Å²) < 4.78 is 13.4. The fraction of sp³-hybridized carbons (Fsp3) is 0.500. The molecule has 0 spiro atoms. The maximum absolute atomic E-state index is 13.4. The summed E-state index contributed by atoms with van der Waals surface area (Å²) in [7, 11) is 0. The molecule has 4 nitrogen and oxygen atoms in total. The molecule has 1 unspecified atom stereocenters. The lowest BCUT2D eigenvalue weighted by molar-refractivity contribution is 0.0642. The standard InChI is InChI=1S/C26H32ClFN2O2/c1-2-12-30(21-7-8-22-19(15-21)4-3-5-25(22)31)17-18-10-13-29(14-11-18)26(32)20-6-9-24(28)23(27)16-20/h3-6,9,16,18,21,31H,2,7-8,10-15,17H2,1H3. The van der Waals surface area contributed by atoms with E-state index >= 15 is 0 Å². The zero-order valence-corrected chi connectivity index (χ0v) is 19.5. The summed E-state index contributed by atoms with van der Waals surface area (Å²) in [4.78, 5) is 17.3. The highest BCUT2D eigenvalue weighted by Gasteiger charge is 2.29. The van der Waals surface area contributed by atoms with Crippen LogP contribution in [0.15, 0.2) is 36.4 Å².